The van der Waals surface area contributed by atoms with Crippen LogP contribution >= 0.6 is 23.2 Å². The molecule has 6 heteroatoms. The lowest BCUT2D eigenvalue weighted by atomic mass is 10.1. The molecular formula is C21H20Cl2N2O2. The van der Waals surface area contributed by atoms with Crippen molar-refractivity contribution in [2.75, 3.05) is 31.1 Å². The van der Waals surface area contributed by atoms with Gasteiger partial charge in [0.1, 0.15) is 0 Å². The van der Waals surface area contributed by atoms with Gasteiger partial charge < -0.3 is 9.80 Å². The quantitative estimate of drug-likeness (QED) is 0.555. The van der Waals surface area contributed by atoms with Gasteiger partial charge in [0, 0.05) is 59.1 Å². The molecule has 140 valence electrons. The van der Waals surface area contributed by atoms with Gasteiger partial charge in [0.2, 0.25) is 5.91 Å². The molecule has 0 N–H and O–H groups in total. The second kappa shape index (κ2) is 8.59. The molecule has 0 unspecified atom stereocenters. The second-order valence-corrected chi connectivity index (χ2v) is 7.20. The summed E-state index contributed by atoms with van der Waals surface area (Å²) in [5.41, 5.74) is 2.42. The lowest BCUT2D eigenvalue weighted by Gasteiger charge is -2.35. The molecule has 3 rings (SSSR count). The fraction of sp³-hybridized carbons (Fsp3) is 0.238. The first-order valence-corrected chi connectivity index (χ1v) is 9.48. The van der Waals surface area contributed by atoms with Gasteiger partial charge in [-0.15, -0.1) is 0 Å². The minimum absolute atomic E-state index is 0.0578. The number of carbonyl (C=O) groups excluding carboxylic acids is 2. The zero-order chi connectivity index (χ0) is 19.4. The van der Waals surface area contributed by atoms with Crippen molar-refractivity contribution in [2.24, 2.45) is 0 Å². The fourth-order valence-electron chi connectivity index (χ4n) is 3.02. The van der Waals surface area contributed by atoms with Gasteiger partial charge in [-0.2, -0.15) is 0 Å². The van der Waals surface area contributed by atoms with E-state index in [9.17, 15) is 9.59 Å². The molecule has 0 saturated carbocycles. The van der Waals surface area contributed by atoms with Gasteiger partial charge in [0.05, 0.1) is 0 Å². The number of ketones is 1. The van der Waals surface area contributed by atoms with Gasteiger partial charge in [-0.3, -0.25) is 9.59 Å². The summed E-state index contributed by atoms with van der Waals surface area (Å²) < 4.78 is 0. The van der Waals surface area contributed by atoms with E-state index in [1.165, 1.54) is 6.08 Å². The molecule has 1 aliphatic rings. The molecule has 0 spiro atoms. The molecule has 27 heavy (non-hydrogen) atoms. The lowest BCUT2D eigenvalue weighted by Crippen LogP contribution is -2.48. The van der Waals surface area contributed by atoms with E-state index in [-0.39, 0.29) is 11.7 Å². The van der Waals surface area contributed by atoms with Crippen LogP contribution in [0.15, 0.2) is 48.5 Å². The monoisotopic (exact) mass is 402 g/mol. The van der Waals surface area contributed by atoms with Crippen LogP contribution in [0, 0.1) is 0 Å². The van der Waals surface area contributed by atoms with Gasteiger partial charge >= 0.3 is 0 Å². The number of hydrogen-bond acceptors (Lipinski definition) is 3. The number of piperazine rings is 1. The van der Waals surface area contributed by atoms with E-state index in [0.29, 0.717) is 34.3 Å². The molecular weight excluding hydrogens is 383 g/mol. The molecule has 1 amide bonds. The zero-order valence-electron chi connectivity index (χ0n) is 15.0. The van der Waals surface area contributed by atoms with Crippen LogP contribution in [0.4, 0.5) is 5.69 Å². The van der Waals surface area contributed by atoms with E-state index in [2.05, 4.69) is 4.90 Å². The van der Waals surface area contributed by atoms with Crippen molar-refractivity contribution in [3.63, 3.8) is 0 Å². The maximum absolute atomic E-state index is 12.5. The van der Waals surface area contributed by atoms with E-state index in [0.717, 1.165) is 18.8 Å². The molecule has 0 aromatic heterocycles. The van der Waals surface area contributed by atoms with Gasteiger partial charge in [-0.25, -0.2) is 0 Å². The molecule has 4 nitrogen and oxygen atoms in total. The van der Waals surface area contributed by atoms with Crippen molar-refractivity contribution in [1.82, 2.24) is 4.90 Å². The van der Waals surface area contributed by atoms with E-state index >= 15 is 0 Å². The molecule has 0 aliphatic carbocycles. The SMILES string of the molecule is CC(=O)c1ccc(N2CCN(C(=O)C=Cc3c(Cl)cccc3Cl)CC2)cc1. The Kier molecular flexibility index (Phi) is 6.19. The number of Topliss-reactive ketones (excluding diaryl/α,β-unsaturated/α-hetero) is 1. The summed E-state index contributed by atoms with van der Waals surface area (Å²) in [5.74, 6) is -0.0000555. The number of anilines is 1. The second-order valence-electron chi connectivity index (χ2n) is 6.38. The van der Waals surface area contributed by atoms with E-state index in [1.807, 2.05) is 29.2 Å². The zero-order valence-corrected chi connectivity index (χ0v) is 16.5. The molecule has 1 fully saturated rings. The third kappa shape index (κ3) is 4.71. The maximum Gasteiger partial charge on any atom is 0.246 e. The summed E-state index contributed by atoms with van der Waals surface area (Å²) in [5, 5.41) is 1.04. The Morgan fingerprint density at radius 2 is 1.52 bits per heavy atom. The minimum Gasteiger partial charge on any atom is -0.368 e. The van der Waals surface area contributed by atoms with Crippen LogP contribution in [0.2, 0.25) is 10.0 Å². The van der Waals surface area contributed by atoms with Crippen LogP contribution in [-0.2, 0) is 4.79 Å². The van der Waals surface area contributed by atoms with Crippen LogP contribution < -0.4 is 4.90 Å². The normalized spacial score (nSPS) is 14.6. The third-order valence-electron chi connectivity index (χ3n) is 4.62. The minimum atomic E-state index is -0.0578. The van der Waals surface area contributed by atoms with Crippen LogP contribution in [0.25, 0.3) is 6.08 Å². The Morgan fingerprint density at radius 3 is 2.07 bits per heavy atom. The molecule has 0 radical (unpaired) electrons. The van der Waals surface area contributed by atoms with E-state index < -0.39 is 0 Å². The first kappa shape index (κ1) is 19.5. The highest BCUT2D eigenvalue weighted by Crippen LogP contribution is 2.25. The van der Waals surface area contributed by atoms with Crippen LogP contribution in [0.3, 0.4) is 0 Å². The van der Waals surface area contributed by atoms with Crippen molar-refractivity contribution in [1.29, 1.82) is 0 Å². The molecule has 0 atom stereocenters. The van der Waals surface area contributed by atoms with Gasteiger partial charge in [-0.05, 0) is 49.4 Å². The van der Waals surface area contributed by atoms with Crippen molar-refractivity contribution >= 4 is 46.7 Å². The Hall–Kier alpha value is -2.30. The third-order valence-corrected chi connectivity index (χ3v) is 5.28. The van der Waals surface area contributed by atoms with Gasteiger partial charge in [0.25, 0.3) is 0 Å². The highest BCUT2D eigenvalue weighted by atomic mass is 35.5. The highest BCUT2D eigenvalue weighted by molar-refractivity contribution is 6.37. The van der Waals surface area contributed by atoms with Gasteiger partial charge in [0.15, 0.2) is 5.78 Å². The van der Waals surface area contributed by atoms with Crippen LogP contribution in [-0.4, -0.2) is 42.8 Å². The average Bonchev–Trinajstić information content (AvgIpc) is 2.67. The maximum atomic E-state index is 12.5. The number of carbonyl (C=O) groups is 2. The Balaban J connectivity index is 1.59. The first-order chi connectivity index (χ1) is 13.0. The molecule has 1 heterocycles. The topological polar surface area (TPSA) is 40.6 Å². The predicted molar refractivity (Wildman–Crippen MR) is 111 cm³/mol. The van der Waals surface area contributed by atoms with Gasteiger partial charge in [-0.1, -0.05) is 29.3 Å². The number of nitrogens with zero attached hydrogens (tertiary/aromatic N) is 2. The largest absolute Gasteiger partial charge is 0.368 e. The van der Waals surface area contributed by atoms with Crippen molar-refractivity contribution < 1.29 is 9.59 Å². The highest BCUT2D eigenvalue weighted by Gasteiger charge is 2.20. The summed E-state index contributed by atoms with van der Waals surface area (Å²) >= 11 is 12.3. The summed E-state index contributed by atoms with van der Waals surface area (Å²) in [6, 6.07) is 12.8. The molecule has 2 aromatic rings. The average molecular weight is 403 g/mol. The lowest BCUT2D eigenvalue weighted by molar-refractivity contribution is -0.126. The number of rotatable bonds is 4. The van der Waals surface area contributed by atoms with Crippen molar-refractivity contribution in [3.05, 3.63) is 69.7 Å². The number of hydrogen-bond donors (Lipinski definition) is 0. The standard InChI is InChI=1S/C21H20Cl2N2O2/c1-15(26)16-5-7-17(8-6-16)24-11-13-25(14-12-24)21(27)10-9-18-19(22)3-2-4-20(18)23/h2-10H,11-14H2,1H3. The molecule has 2 aromatic carbocycles. The number of benzene rings is 2. The number of amides is 1. The first-order valence-electron chi connectivity index (χ1n) is 8.72. The summed E-state index contributed by atoms with van der Waals surface area (Å²) in [4.78, 5) is 27.8. The van der Waals surface area contributed by atoms with E-state index in [1.54, 1.807) is 31.2 Å². The Morgan fingerprint density at radius 1 is 0.926 bits per heavy atom. The molecule has 1 aliphatic heterocycles. The Labute approximate surface area is 169 Å². The van der Waals surface area contributed by atoms with E-state index in [4.69, 9.17) is 23.2 Å². The number of halogens is 2. The van der Waals surface area contributed by atoms with Crippen LogP contribution in [0.5, 0.6) is 0 Å². The summed E-state index contributed by atoms with van der Waals surface area (Å²) in [6.07, 6.45) is 3.18. The fourth-order valence-corrected chi connectivity index (χ4v) is 3.55. The molecule has 0 bridgehead atoms. The summed E-state index contributed by atoms with van der Waals surface area (Å²) in [6.45, 7) is 4.31. The smallest absolute Gasteiger partial charge is 0.246 e. The van der Waals surface area contributed by atoms with Crippen molar-refractivity contribution in [3.8, 4) is 0 Å². The molecule has 1 saturated heterocycles. The van der Waals surface area contributed by atoms with Crippen molar-refractivity contribution in [2.45, 2.75) is 6.92 Å². The van der Waals surface area contributed by atoms with Crippen LogP contribution in [0.1, 0.15) is 22.8 Å². The summed E-state index contributed by atoms with van der Waals surface area (Å²) in [7, 11) is 0. The predicted octanol–water partition coefficient (Wildman–Crippen LogP) is 4.56. The Bertz CT molecular complexity index is 850.